The van der Waals surface area contributed by atoms with Crippen molar-refractivity contribution in [2.24, 2.45) is 5.73 Å². The third-order valence-electron chi connectivity index (χ3n) is 3.01. The van der Waals surface area contributed by atoms with Crippen molar-refractivity contribution in [2.45, 2.75) is 19.3 Å². The zero-order valence-electron chi connectivity index (χ0n) is 10.6. The highest BCUT2D eigenvalue weighted by Crippen LogP contribution is 2.24. The minimum Gasteiger partial charge on any atom is -0.346 e. The van der Waals surface area contributed by atoms with Crippen LogP contribution in [0.25, 0.3) is 0 Å². The van der Waals surface area contributed by atoms with E-state index in [-0.39, 0.29) is 37.3 Å². The highest BCUT2D eigenvalue weighted by atomic mass is 35.5. The number of anilines is 1. The molecule has 1 aliphatic rings. The van der Waals surface area contributed by atoms with Gasteiger partial charge < -0.3 is 16.4 Å². The zero-order valence-corrected chi connectivity index (χ0v) is 11.4. The van der Waals surface area contributed by atoms with E-state index < -0.39 is 0 Å². The quantitative estimate of drug-likeness (QED) is 0.757. The minimum absolute atomic E-state index is 0. The third-order valence-corrected chi connectivity index (χ3v) is 3.01. The molecule has 0 heterocycles. The second kappa shape index (κ2) is 7.11. The first kappa shape index (κ1) is 15.5. The molecule has 1 aliphatic carbocycles. The highest BCUT2D eigenvalue weighted by Gasteiger charge is 2.11. The molecule has 0 radical (unpaired) electrons. The van der Waals surface area contributed by atoms with Gasteiger partial charge in [-0.2, -0.15) is 0 Å². The number of benzene rings is 1. The average molecular weight is 284 g/mol. The number of hydrogen-bond acceptors (Lipinski definition) is 3. The van der Waals surface area contributed by atoms with Gasteiger partial charge in [-0.3, -0.25) is 9.59 Å². The van der Waals surface area contributed by atoms with E-state index in [1.54, 1.807) is 0 Å². The van der Waals surface area contributed by atoms with Gasteiger partial charge in [0.15, 0.2) is 0 Å². The second-order valence-corrected chi connectivity index (χ2v) is 4.37. The molecule has 1 aromatic carbocycles. The van der Waals surface area contributed by atoms with Crippen LogP contribution in [-0.2, 0) is 22.4 Å². The van der Waals surface area contributed by atoms with Gasteiger partial charge in [0, 0.05) is 5.69 Å². The summed E-state index contributed by atoms with van der Waals surface area (Å²) >= 11 is 0. The van der Waals surface area contributed by atoms with Gasteiger partial charge in [0.05, 0.1) is 13.1 Å². The molecule has 2 rings (SSSR count). The smallest absolute Gasteiger partial charge is 0.243 e. The van der Waals surface area contributed by atoms with Crippen LogP contribution in [0.1, 0.15) is 17.5 Å². The van der Waals surface area contributed by atoms with E-state index >= 15 is 0 Å². The summed E-state index contributed by atoms with van der Waals surface area (Å²) in [6, 6.07) is 5.95. The van der Waals surface area contributed by atoms with Crippen molar-refractivity contribution in [3.63, 3.8) is 0 Å². The molecule has 0 saturated carbocycles. The maximum Gasteiger partial charge on any atom is 0.243 e. The zero-order chi connectivity index (χ0) is 13.0. The van der Waals surface area contributed by atoms with Crippen LogP contribution < -0.4 is 16.4 Å². The monoisotopic (exact) mass is 283 g/mol. The maximum absolute atomic E-state index is 11.6. The summed E-state index contributed by atoms with van der Waals surface area (Å²) < 4.78 is 0. The van der Waals surface area contributed by atoms with Crippen molar-refractivity contribution >= 4 is 29.9 Å². The lowest BCUT2D eigenvalue weighted by atomic mass is 10.1. The van der Waals surface area contributed by atoms with Gasteiger partial charge in [-0.15, -0.1) is 12.4 Å². The molecule has 0 saturated heterocycles. The molecule has 0 bridgehead atoms. The van der Waals surface area contributed by atoms with Crippen LogP contribution in [0.2, 0.25) is 0 Å². The number of nitrogens with two attached hydrogens (primary N) is 1. The number of carbonyl (C=O) groups is 2. The van der Waals surface area contributed by atoms with E-state index in [0.717, 1.165) is 18.5 Å². The molecular formula is C13H18ClN3O2. The Bertz CT molecular complexity index is 477. The van der Waals surface area contributed by atoms with Gasteiger partial charge >= 0.3 is 0 Å². The number of fused-ring (bicyclic) bond motifs is 1. The van der Waals surface area contributed by atoms with Crippen molar-refractivity contribution in [1.29, 1.82) is 0 Å². The summed E-state index contributed by atoms with van der Waals surface area (Å²) in [5.41, 5.74) is 8.58. The van der Waals surface area contributed by atoms with Crippen LogP contribution in [0.15, 0.2) is 18.2 Å². The Kier molecular flexibility index (Phi) is 5.79. The summed E-state index contributed by atoms with van der Waals surface area (Å²) in [5.74, 6) is -0.575. The van der Waals surface area contributed by atoms with E-state index in [0.29, 0.717) is 0 Å². The van der Waals surface area contributed by atoms with Crippen LogP contribution in [-0.4, -0.2) is 24.9 Å². The summed E-state index contributed by atoms with van der Waals surface area (Å²) in [6.45, 7) is -0.154. The van der Waals surface area contributed by atoms with Crippen molar-refractivity contribution in [2.75, 3.05) is 18.4 Å². The van der Waals surface area contributed by atoms with Crippen molar-refractivity contribution < 1.29 is 9.59 Å². The first-order valence-corrected chi connectivity index (χ1v) is 6.07. The van der Waals surface area contributed by atoms with Crippen molar-refractivity contribution in [3.8, 4) is 0 Å². The van der Waals surface area contributed by atoms with E-state index in [4.69, 9.17) is 5.73 Å². The number of hydrogen-bond donors (Lipinski definition) is 3. The molecule has 0 aromatic heterocycles. The first-order valence-electron chi connectivity index (χ1n) is 6.07. The van der Waals surface area contributed by atoms with Crippen LogP contribution in [0.3, 0.4) is 0 Å². The summed E-state index contributed by atoms with van der Waals surface area (Å²) in [6.07, 6.45) is 3.37. The molecule has 0 unspecified atom stereocenters. The van der Waals surface area contributed by atoms with Crippen LogP contribution >= 0.6 is 12.4 Å². The third kappa shape index (κ3) is 4.22. The molecule has 104 valence electrons. The van der Waals surface area contributed by atoms with E-state index in [1.165, 1.54) is 17.5 Å². The topological polar surface area (TPSA) is 84.2 Å². The van der Waals surface area contributed by atoms with E-state index in [2.05, 4.69) is 16.7 Å². The fourth-order valence-corrected chi connectivity index (χ4v) is 2.11. The predicted octanol–water partition coefficient (Wildman–Crippen LogP) is 0.610. The number of carbonyl (C=O) groups excluding carboxylic acids is 2. The molecule has 5 nitrogen and oxygen atoms in total. The Morgan fingerprint density at radius 1 is 1.16 bits per heavy atom. The van der Waals surface area contributed by atoms with Gasteiger partial charge in [0.25, 0.3) is 0 Å². The Balaban J connectivity index is 0.00000180. The SMILES string of the molecule is Cl.NCC(=O)NCC(=O)Nc1ccc2c(c1)CCC2. The van der Waals surface area contributed by atoms with Crippen LogP contribution in [0.5, 0.6) is 0 Å². The number of nitrogens with one attached hydrogen (secondary N) is 2. The fourth-order valence-electron chi connectivity index (χ4n) is 2.11. The normalized spacial score (nSPS) is 12.3. The number of amides is 2. The van der Waals surface area contributed by atoms with Crippen molar-refractivity contribution in [3.05, 3.63) is 29.3 Å². The minimum atomic E-state index is -0.334. The highest BCUT2D eigenvalue weighted by molar-refractivity contribution is 5.94. The predicted molar refractivity (Wildman–Crippen MR) is 76.4 cm³/mol. The Morgan fingerprint density at radius 2 is 1.89 bits per heavy atom. The molecule has 6 heteroatoms. The molecule has 4 N–H and O–H groups in total. The lowest BCUT2D eigenvalue weighted by Crippen LogP contribution is -2.36. The summed E-state index contributed by atoms with van der Waals surface area (Å²) in [5, 5.41) is 5.19. The van der Waals surface area contributed by atoms with E-state index in [9.17, 15) is 9.59 Å². The van der Waals surface area contributed by atoms with Crippen molar-refractivity contribution in [1.82, 2.24) is 5.32 Å². The molecule has 0 atom stereocenters. The Morgan fingerprint density at radius 3 is 2.63 bits per heavy atom. The Hall–Kier alpha value is -1.59. The number of aryl methyl sites for hydroxylation is 2. The molecule has 0 fully saturated rings. The molecule has 2 amide bonds. The standard InChI is InChI=1S/C13H17N3O2.ClH/c14-7-12(17)15-8-13(18)16-11-5-4-9-2-1-3-10(9)6-11;/h4-6H,1-3,7-8,14H2,(H,15,17)(H,16,18);1H. The lowest BCUT2D eigenvalue weighted by molar-refractivity contribution is -0.123. The molecule has 1 aromatic rings. The van der Waals surface area contributed by atoms with Crippen LogP contribution in [0.4, 0.5) is 5.69 Å². The fraction of sp³-hybridized carbons (Fsp3) is 0.385. The number of rotatable bonds is 4. The molecule has 0 spiro atoms. The van der Waals surface area contributed by atoms with Gasteiger partial charge in [0.1, 0.15) is 0 Å². The Labute approximate surface area is 118 Å². The first-order chi connectivity index (χ1) is 8.69. The van der Waals surface area contributed by atoms with Gasteiger partial charge in [-0.25, -0.2) is 0 Å². The largest absolute Gasteiger partial charge is 0.346 e. The van der Waals surface area contributed by atoms with Gasteiger partial charge in [0.2, 0.25) is 11.8 Å². The lowest BCUT2D eigenvalue weighted by Gasteiger charge is -2.08. The van der Waals surface area contributed by atoms with Gasteiger partial charge in [-0.1, -0.05) is 6.07 Å². The average Bonchev–Trinajstić information content (AvgIpc) is 2.83. The van der Waals surface area contributed by atoms with E-state index in [1.807, 2.05) is 12.1 Å². The second-order valence-electron chi connectivity index (χ2n) is 4.37. The summed E-state index contributed by atoms with van der Waals surface area (Å²) in [7, 11) is 0. The van der Waals surface area contributed by atoms with Gasteiger partial charge in [-0.05, 0) is 42.5 Å². The molecule has 0 aliphatic heterocycles. The molecule has 19 heavy (non-hydrogen) atoms. The number of halogens is 1. The van der Waals surface area contributed by atoms with Crippen LogP contribution in [0, 0.1) is 0 Å². The summed E-state index contributed by atoms with van der Waals surface area (Å²) in [4.78, 5) is 22.5. The maximum atomic E-state index is 11.6. The molecular weight excluding hydrogens is 266 g/mol.